The van der Waals surface area contributed by atoms with Gasteiger partial charge in [0.05, 0.1) is 18.7 Å². The molecule has 0 aromatic heterocycles. The minimum Gasteiger partial charge on any atom is -0.383 e. The molecule has 2 amide bonds. The van der Waals surface area contributed by atoms with Gasteiger partial charge in [-0.1, -0.05) is 30.3 Å². The van der Waals surface area contributed by atoms with Crippen LogP contribution < -0.4 is 10.2 Å². The molecule has 0 saturated carbocycles. The fourth-order valence-corrected chi connectivity index (χ4v) is 3.44. The van der Waals surface area contributed by atoms with E-state index in [4.69, 9.17) is 4.74 Å². The van der Waals surface area contributed by atoms with Gasteiger partial charge >= 0.3 is 0 Å². The second-order valence-corrected chi connectivity index (χ2v) is 6.71. The molecule has 0 fully saturated rings. The molecule has 0 bridgehead atoms. The Morgan fingerprint density at radius 1 is 0.931 bits per heavy atom. The van der Waals surface area contributed by atoms with Crippen LogP contribution in [0.5, 0.6) is 0 Å². The number of anilines is 2. The second kappa shape index (κ2) is 9.39. The lowest BCUT2D eigenvalue weighted by molar-refractivity contribution is -0.137. The number of nitrogens with one attached hydrogen (secondary N) is 1. The number of hydrogen-bond donors (Lipinski definition) is 1. The highest BCUT2D eigenvalue weighted by Crippen LogP contribution is 2.30. The number of imide groups is 1. The highest BCUT2D eigenvalue weighted by molar-refractivity contribution is 6.36. The fourth-order valence-electron chi connectivity index (χ4n) is 3.44. The first kappa shape index (κ1) is 20.6. The molecule has 6 heteroatoms. The van der Waals surface area contributed by atoms with Gasteiger partial charge in [-0.15, -0.1) is 0 Å². The van der Waals surface area contributed by atoms with Crippen molar-refractivity contribution in [1.82, 2.24) is 4.90 Å². The van der Waals surface area contributed by atoms with Gasteiger partial charge in [0.2, 0.25) is 0 Å². The minimum absolute atomic E-state index is 0.219. The average Bonchev–Trinajstić information content (AvgIpc) is 2.98. The van der Waals surface area contributed by atoms with Crippen molar-refractivity contribution in [3.8, 4) is 0 Å². The average molecular weight is 393 g/mol. The smallest absolute Gasteiger partial charge is 0.278 e. The van der Waals surface area contributed by atoms with E-state index in [0.29, 0.717) is 23.4 Å². The molecular weight excluding hydrogens is 366 g/mol. The van der Waals surface area contributed by atoms with Crippen LogP contribution in [0, 0.1) is 0 Å². The van der Waals surface area contributed by atoms with Crippen LogP contribution in [-0.2, 0) is 14.3 Å². The Kier molecular flexibility index (Phi) is 6.67. The zero-order valence-electron chi connectivity index (χ0n) is 17.1. The summed E-state index contributed by atoms with van der Waals surface area (Å²) in [6.07, 6.45) is 0. The van der Waals surface area contributed by atoms with Gasteiger partial charge in [-0.3, -0.25) is 14.5 Å². The summed E-state index contributed by atoms with van der Waals surface area (Å²) in [5.74, 6) is -0.640. The summed E-state index contributed by atoms with van der Waals surface area (Å²) in [4.78, 5) is 29.5. The van der Waals surface area contributed by atoms with Crippen molar-refractivity contribution >= 4 is 28.8 Å². The number of methoxy groups -OCH3 is 1. The third-order valence-electron chi connectivity index (χ3n) is 5.01. The summed E-state index contributed by atoms with van der Waals surface area (Å²) in [5.41, 5.74) is 3.29. The van der Waals surface area contributed by atoms with Crippen molar-refractivity contribution in [3.63, 3.8) is 0 Å². The standard InChI is InChI=1S/C23H27N3O3/c1-4-25(5-2)19-13-11-18(12-14-19)24-21-20(17-9-7-6-8-10-17)22(27)26(23(21)28)15-16-29-3/h6-14,24H,4-5,15-16H2,1-3H3. The monoisotopic (exact) mass is 393 g/mol. The van der Waals surface area contributed by atoms with Crippen molar-refractivity contribution in [1.29, 1.82) is 0 Å². The minimum atomic E-state index is -0.335. The van der Waals surface area contributed by atoms with E-state index in [1.54, 1.807) is 7.11 Å². The number of nitrogens with zero attached hydrogens (tertiary/aromatic N) is 2. The largest absolute Gasteiger partial charge is 0.383 e. The number of benzene rings is 2. The van der Waals surface area contributed by atoms with Crippen LogP contribution in [0.15, 0.2) is 60.3 Å². The van der Waals surface area contributed by atoms with E-state index in [-0.39, 0.29) is 18.4 Å². The predicted molar refractivity (Wildman–Crippen MR) is 116 cm³/mol. The lowest BCUT2D eigenvalue weighted by Crippen LogP contribution is -2.35. The topological polar surface area (TPSA) is 61.9 Å². The first-order valence-electron chi connectivity index (χ1n) is 9.87. The molecule has 0 spiro atoms. The predicted octanol–water partition coefficient (Wildman–Crippen LogP) is 3.37. The molecule has 0 atom stereocenters. The molecule has 1 heterocycles. The third-order valence-corrected chi connectivity index (χ3v) is 5.01. The molecule has 0 unspecified atom stereocenters. The Balaban J connectivity index is 1.93. The third kappa shape index (κ3) is 4.32. The first-order valence-corrected chi connectivity index (χ1v) is 9.87. The van der Waals surface area contributed by atoms with Crippen molar-refractivity contribution in [3.05, 3.63) is 65.9 Å². The number of carbonyl (C=O) groups excluding carboxylic acids is 2. The SMILES string of the molecule is CCN(CC)c1ccc(NC2=C(c3ccccc3)C(=O)N(CCOC)C2=O)cc1. The Hall–Kier alpha value is -3.12. The van der Waals surface area contributed by atoms with Crippen molar-refractivity contribution < 1.29 is 14.3 Å². The Bertz CT molecular complexity index is 887. The maximum atomic E-state index is 13.0. The molecule has 1 N–H and O–H groups in total. The van der Waals surface area contributed by atoms with Crippen LogP contribution in [0.25, 0.3) is 5.57 Å². The Morgan fingerprint density at radius 3 is 2.17 bits per heavy atom. The van der Waals surface area contributed by atoms with Gasteiger partial charge in [-0.2, -0.15) is 0 Å². The van der Waals surface area contributed by atoms with Crippen molar-refractivity contribution in [2.75, 3.05) is 43.6 Å². The van der Waals surface area contributed by atoms with Gasteiger partial charge < -0.3 is 15.0 Å². The van der Waals surface area contributed by atoms with Gasteiger partial charge in [0, 0.05) is 31.6 Å². The fraction of sp³-hybridized carbons (Fsp3) is 0.304. The van der Waals surface area contributed by atoms with E-state index in [1.165, 1.54) is 4.90 Å². The maximum absolute atomic E-state index is 13.0. The van der Waals surface area contributed by atoms with Crippen LogP contribution >= 0.6 is 0 Å². The maximum Gasteiger partial charge on any atom is 0.278 e. The zero-order chi connectivity index (χ0) is 20.8. The van der Waals surface area contributed by atoms with Crippen molar-refractivity contribution in [2.24, 2.45) is 0 Å². The van der Waals surface area contributed by atoms with Crippen LogP contribution in [0.4, 0.5) is 11.4 Å². The second-order valence-electron chi connectivity index (χ2n) is 6.71. The quantitative estimate of drug-likeness (QED) is 0.662. The summed E-state index contributed by atoms with van der Waals surface area (Å²) >= 11 is 0. The number of amides is 2. The summed E-state index contributed by atoms with van der Waals surface area (Å²) in [7, 11) is 1.55. The van der Waals surface area contributed by atoms with E-state index in [0.717, 1.165) is 24.5 Å². The molecule has 29 heavy (non-hydrogen) atoms. The van der Waals surface area contributed by atoms with E-state index in [2.05, 4.69) is 24.1 Å². The zero-order valence-corrected chi connectivity index (χ0v) is 17.1. The van der Waals surface area contributed by atoms with E-state index in [1.807, 2.05) is 54.6 Å². The summed E-state index contributed by atoms with van der Waals surface area (Å²) < 4.78 is 5.06. The lowest BCUT2D eigenvalue weighted by Gasteiger charge is -2.21. The molecule has 152 valence electrons. The van der Waals surface area contributed by atoms with E-state index in [9.17, 15) is 9.59 Å². The molecule has 6 nitrogen and oxygen atoms in total. The molecule has 0 radical (unpaired) electrons. The summed E-state index contributed by atoms with van der Waals surface area (Å²) in [6, 6.07) is 17.2. The van der Waals surface area contributed by atoms with Gasteiger partial charge in [-0.25, -0.2) is 0 Å². The van der Waals surface area contributed by atoms with Crippen LogP contribution in [0.2, 0.25) is 0 Å². The molecule has 0 saturated heterocycles. The van der Waals surface area contributed by atoms with Crippen LogP contribution in [0.1, 0.15) is 19.4 Å². The Labute approximate surface area is 171 Å². The Morgan fingerprint density at radius 2 is 1.59 bits per heavy atom. The highest BCUT2D eigenvalue weighted by atomic mass is 16.5. The van der Waals surface area contributed by atoms with Gasteiger partial charge in [0.15, 0.2) is 0 Å². The summed E-state index contributed by atoms with van der Waals surface area (Å²) in [6.45, 7) is 6.60. The summed E-state index contributed by atoms with van der Waals surface area (Å²) in [5, 5.41) is 3.19. The molecular formula is C23H27N3O3. The van der Waals surface area contributed by atoms with Gasteiger partial charge in [-0.05, 0) is 43.7 Å². The lowest BCUT2D eigenvalue weighted by atomic mass is 10.0. The normalized spacial score (nSPS) is 14.0. The van der Waals surface area contributed by atoms with E-state index >= 15 is 0 Å². The molecule has 1 aliphatic rings. The van der Waals surface area contributed by atoms with Crippen LogP contribution in [-0.4, -0.2) is 50.1 Å². The van der Waals surface area contributed by atoms with Crippen LogP contribution in [0.3, 0.4) is 0 Å². The number of ether oxygens (including phenoxy) is 1. The molecule has 2 aromatic carbocycles. The first-order chi connectivity index (χ1) is 14.1. The van der Waals surface area contributed by atoms with Gasteiger partial charge in [0.1, 0.15) is 5.70 Å². The number of hydrogen-bond acceptors (Lipinski definition) is 5. The molecule has 3 rings (SSSR count). The molecule has 2 aromatic rings. The molecule has 1 aliphatic heterocycles. The number of carbonyl (C=O) groups is 2. The molecule has 0 aliphatic carbocycles. The van der Waals surface area contributed by atoms with Gasteiger partial charge in [0.25, 0.3) is 11.8 Å². The number of rotatable bonds is 9. The van der Waals surface area contributed by atoms with Crippen molar-refractivity contribution in [2.45, 2.75) is 13.8 Å². The van der Waals surface area contributed by atoms with E-state index < -0.39 is 0 Å². The highest BCUT2D eigenvalue weighted by Gasteiger charge is 2.38.